The summed E-state index contributed by atoms with van der Waals surface area (Å²) in [6, 6.07) is 13.0. The number of pyridine rings is 1. The van der Waals surface area contributed by atoms with E-state index in [0.717, 1.165) is 22.8 Å². The zero-order valence-electron chi connectivity index (χ0n) is 13.0. The van der Waals surface area contributed by atoms with Gasteiger partial charge in [0.15, 0.2) is 0 Å². The van der Waals surface area contributed by atoms with Gasteiger partial charge in [0.2, 0.25) is 0 Å². The van der Waals surface area contributed by atoms with Crippen molar-refractivity contribution in [2.24, 2.45) is 0 Å². The third-order valence-corrected chi connectivity index (χ3v) is 4.34. The molecule has 0 radical (unpaired) electrons. The quantitative estimate of drug-likeness (QED) is 0.745. The number of nitrogens with one attached hydrogen (secondary N) is 1. The number of methoxy groups -OCH3 is 1. The summed E-state index contributed by atoms with van der Waals surface area (Å²) < 4.78 is 9.54. The molecule has 24 heavy (non-hydrogen) atoms. The van der Waals surface area contributed by atoms with Crippen LogP contribution in [0.25, 0.3) is 11.4 Å². The number of hydrogen-bond donors (Lipinski definition) is 2. The van der Waals surface area contributed by atoms with Gasteiger partial charge in [-0.1, -0.05) is 24.3 Å². The zero-order chi connectivity index (χ0) is 16.9. The molecule has 0 aliphatic carbocycles. The summed E-state index contributed by atoms with van der Waals surface area (Å²) in [6.07, 6.45) is 1.66. The van der Waals surface area contributed by atoms with Crippen LogP contribution in [-0.2, 0) is 6.54 Å². The third kappa shape index (κ3) is 3.21. The Morgan fingerprint density at radius 1 is 1.25 bits per heavy atom. The van der Waals surface area contributed by atoms with Crippen LogP contribution in [0.15, 0.2) is 48.7 Å². The smallest absolute Gasteiger partial charge is 0.265 e. The number of aromatic nitrogens is 2. The lowest BCUT2D eigenvalue weighted by Gasteiger charge is -2.09. The molecule has 0 saturated carbocycles. The minimum absolute atomic E-state index is 0.266. The van der Waals surface area contributed by atoms with E-state index in [1.54, 1.807) is 13.3 Å². The molecular formula is C17H16N4O2S. The minimum atomic E-state index is -0.266. The fourth-order valence-corrected chi connectivity index (χ4v) is 2.98. The molecule has 0 aliphatic heterocycles. The molecule has 3 N–H and O–H groups in total. The minimum Gasteiger partial charge on any atom is -0.496 e. The molecule has 0 atom stereocenters. The summed E-state index contributed by atoms with van der Waals surface area (Å²) in [5.41, 5.74) is 8.50. The van der Waals surface area contributed by atoms with Crippen molar-refractivity contribution in [1.29, 1.82) is 0 Å². The largest absolute Gasteiger partial charge is 0.496 e. The van der Waals surface area contributed by atoms with Crippen LogP contribution in [0, 0.1) is 0 Å². The number of carbonyl (C=O) groups excluding carboxylic acids is 1. The van der Waals surface area contributed by atoms with Gasteiger partial charge in [-0.15, -0.1) is 0 Å². The van der Waals surface area contributed by atoms with Crippen molar-refractivity contribution in [2.75, 3.05) is 12.8 Å². The number of hydrogen-bond acceptors (Lipinski definition) is 6. The molecular weight excluding hydrogens is 324 g/mol. The fraction of sp³-hybridized carbons (Fsp3) is 0.118. The number of amides is 1. The number of ether oxygens (including phenoxy) is 1. The lowest BCUT2D eigenvalue weighted by Crippen LogP contribution is -2.23. The first kappa shape index (κ1) is 15.9. The van der Waals surface area contributed by atoms with Crippen LogP contribution in [0.5, 0.6) is 5.75 Å². The molecule has 3 rings (SSSR count). The second-order valence-electron chi connectivity index (χ2n) is 4.98. The first-order chi connectivity index (χ1) is 11.7. The van der Waals surface area contributed by atoms with Gasteiger partial charge in [-0.2, -0.15) is 4.37 Å². The molecule has 1 amide bonds. The first-order valence-corrected chi connectivity index (χ1v) is 8.04. The highest BCUT2D eigenvalue weighted by Crippen LogP contribution is 2.29. The van der Waals surface area contributed by atoms with E-state index in [9.17, 15) is 4.79 Å². The van der Waals surface area contributed by atoms with Gasteiger partial charge >= 0.3 is 0 Å². The Hall–Kier alpha value is -2.93. The Balaban J connectivity index is 1.76. The summed E-state index contributed by atoms with van der Waals surface area (Å²) in [7, 11) is 1.60. The van der Waals surface area contributed by atoms with Crippen molar-refractivity contribution in [1.82, 2.24) is 14.7 Å². The molecule has 2 aromatic heterocycles. The molecule has 2 heterocycles. The van der Waals surface area contributed by atoms with Crippen LogP contribution in [0.2, 0.25) is 0 Å². The Morgan fingerprint density at radius 2 is 2.04 bits per heavy atom. The van der Waals surface area contributed by atoms with Gasteiger partial charge in [0.1, 0.15) is 16.3 Å². The van der Waals surface area contributed by atoms with Crippen molar-refractivity contribution in [3.63, 3.8) is 0 Å². The van der Waals surface area contributed by atoms with Gasteiger partial charge in [-0.25, -0.2) is 0 Å². The van der Waals surface area contributed by atoms with Crippen molar-refractivity contribution in [3.05, 3.63) is 59.1 Å². The van der Waals surface area contributed by atoms with E-state index in [2.05, 4.69) is 14.7 Å². The normalized spacial score (nSPS) is 10.4. The summed E-state index contributed by atoms with van der Waals surface area (Å²) >= 11 is 1.07. The Morgan fingerprint density at radius 3 is 2.79 bits per heavy atom. The maximum Gasteiger partial charge on any atom is 0.265 e. The van der Waals surface area contributed by atoms with E-state index in [4.69, 9.17) is 10.5 Å². The molecule has 1 aromatic carbocycles. The maximum atomic E-state index is 12.4. The fourth-order valence-electron chi connectivity index (χ4n) is 2.25. The highest BCUT2D eigenvalue weighted by atomic mass is 32.1. The molecule has 0 spiro atoms. The van der Waals surface area contributed by atoms with E-state index in [1.807, 2.05) is 42.5 Å². The van der Waals surface area contributed by atoms with Crippen molar-refractivity contribution < 1.29 is 9.53 Å². The first-order valence-electron chi connectivity index (χ1n) is 7.27. The van der Waals surface area contributed by atoms with E-state index >= 15 is 0 Å². The van der Waals surface area contributed by atoms with Crippen LogP contribution in [0.3, 0.4) is 0 Å². The number of nitrogen functional groups attached to an aromatic ring is 1. The monoisotopic (exact) mass is 340 g/mol. The molecule has 3 aromatic rings. The number of para-hydroxylation sites is 1. The second kappa shape index (κ2) is 7.10. The van der Waals surface area contributed by atoms with E-state index in [0.29, 0.717) is 28.5 Å². The topological polar surface area (TPSA) is 90.1 Å². The van der Waals surface area contributed by atoms with Gasteiger partial charge in [-0.3, -0.25) is 9.78 Å². The Labute approximate surface area is 143 Å². The van der Waals surface area contributed by atoms with Crippen molar-refractivity contribution in [3.8, 4) is 17.1 Å². The van der Waals surface area contributed by atoms with E-state index in [1.165, 1.54) is 0 Å². The van der Waals surface area contributed by atoms with Crippen molar-refractivity contribution >= 4 is 23.1 Å². The highest BCUT2D eigenvalue weighted by molar-refractivity contribution is 7.09. The van der Waals surface area contributed by atoms with Gasteiger partial charge in [-0.05, 0) is 29.7 Å². The van der Waals surface area contributed by atoms with Crippen LogP contribution in [0.4, 0.5) is 5.69 Å². The number of nitrogens with two attached hydrogens (primary N) is 1. The number of anilines is 1. The van der Waals surface area contributed by atoms with Crippen molar-refractivity contribution in [2.45, 2.75) is 6.54 Å². The average molecular weight is 340 g/mol. The Kier molecular flexibility index (Phi) is 4.72. The van der Waals surface area contributed by atoms with E-state index in [-0.39, 0.29) is 5.91 Å². The predicted molar refractivity (Wildman–Crippen MR) is 93.9 cm³/mol. The van der Waals surface area contributed by atoms with Crippen LogP contribution in [0.1, 0.15) is 15.2 Å². The predicted octanol–water partition coefficient (Wildman–Crippen LogP) is 2.73. The van der Waals surface area contributed by atoms with Crippen LogP contribution in [-0.4, -0.2) is 22.4 Å². The molecule has 7 heteroatoms. The summed E-state index contributed by atoms with van der Waals surface area (Å²) in [5.74, 6) is 0.460. The average Bonchev–Trinajstić information content (AvgIpc) is 3.02. The molecule has 122 valence electrons. The number of nitrogens with zero attached hydrogens (tertiary/aromatic N) is 2. The lowest BCUT2D eigenvalue weighted by atomic mass is 10.2. The Bertz CT molecular complexity index is 849. The summed E-state index contributed by atoms with van der Waals surface area (Å²) in [5, 5.41) is 2.85. The van der Waals surface area contributed by atoms with E-state index < -0.39 is 0 Å². The molecule has 0 saturated heterocycles. The lowest BCUT2D eigenvalue weighted by molar-refractivity contribution is 0.0955. The molecule has 0 bridgehead atoms. The number of benzene rings is 1. The van der Waals surface area contributed by atoms with Gasteiger partial charge in [0.05, 0.1) is 18.5 Å². The summed E-state index contributed by atoms with van der Waals surface area (Å²) in [4.78, 5) is 17.0. The van der Waals surface area contributed by atoms with Gasteiger partial charge in [0.25, 0.3) is 5.91 Å². The number of carbonyl (C=O) groups is 1. The standard InChI is InChI=1S/C17H16N4O2S/c1-23-13-8-3-2-6-11(13)10-20-17(22)16-14(18)15(21-24-16)12-7-4-5-9-19-12/h2-9H,10,18H2,1H3,(H,20,22). The molecule has 0 unspecified atom stereocenters. The zero-order valence-corrected chi connectivity index (χ0v) is 13.8. The SMILES string of the molecule is COc1ccccc1CNC(=O)c1snc(-c2ccccn2)c1N. The highest BCUT2D eigenvalue weighted by Gasteiger charge is 2.19. The summed E-state index contributed by atoms with van der Waals surface area (Å²) in [6.45, 7) is 0.346. The number of rotatable bonds is 5. The van der Waals surface area contributed by atoms with Gasteiger partial charge < -0.3 is 15.8 Å². The van der Waals surface area contributed by atoms with Gasteiger partial charge in [0, 0.05) is 18.3 Å². The molecule has 0 fully saturated rings. The molecule has 6 nitrogen and oxygen atoms in total. The van der Waals surface area contributed by atoms with Crippen LogP contribution >= 0.6 is 11.5 Å². The molecule has 0 aliphatic rings. The third-order valence-electron chi connectivity index (χ3n) is 3.47. The maximum absolute atomic E-state index is 12.4. The van der Waals surface area contributed by atoms with Crippen LogP contribution < -0.4 is 15.8 Å². The second-order valence-corrected chi connectivity index (χ2v) is 5.76.